The first-order valence-electron chi connectivity index (χ1n) is 6.05. The molecule has 0 aromatic heterocycles. The Bertz CT molecular complexity index is 457. The van der Waals surface area contributed by atoms with Gasteiger partial charge < -0.3 is 19.3 Å². The number of rotatable bonds is 5. The summed E-state index contributed by atoms with van der Waals surface area (Å²) in [6, 6.07) is 5.15. The molecule has 5 nitrogen and oxygen atoms in total. The van der Waals surface area contributed by atoms with E-state index in [1.54, 1.807) is 6.92 Å². The third kappa shape index (κ3) is 9.65. The van der Waals surface area contributed by atoms with Crippen LogP contribution in [0.5, 0.6) is 11.5 Å². The molecule has 0 fully saturated rings. The van der Waals surface area contributed by atoms with Gasteiger partial charge in [-0.25, -0.2) is 4.79 Å². The van der Waals surface area contributed by atoms with Gasteiger partial charge in [-0.15, -0.1) is 13.2 Å². The number of esters is 1. The Labute approximate surface area is 125 Å². The number of aliphatic hydroxyl groups is 1. The van der Waals surface area contributed by atoms with E-state index < -0.39 is 18.4 Å². The molecule has 1 aromatic carbocycles. The van der Waals surface area contributed by atoms with Crippen molar-refractivity contribution >= 4 is 5.97 Å². The van der Waals surface area contributed by atoms with Crippen LogP contribution < -0.4 is 9.47 Å². The first kappa shape index (κ1) is 19.8. The second kappa shape index (κ2) is 9.67. The molecular formula is C14H17F3O5. The van der Waals surface area contributed by atoms with Gasteiger partial charge in [0, 0.05) is 6.08 Å². The summed E-state index contributed by atoms with van der Waals surface area (Å²) in [5.74, 6) is -0.278. The molecule has 0 spiro atoms. The number of carbonyl (C=O) groups is 1. The fourth-order valence-electron chi connectivity index (χ4n) is 1.06. The van der Waals surface area contributed by atoms with Crippen LogP contribution in [0.3, 0.4) is 0 Å². The number of methoxy groups -OCH3 is 1. The number of aliphatic hydroxyl groups excluding tert-OH is 1. The van der Waals surface area contributed by atoms with Crippen LogP contribution in [-0.4, -0.2) is 37.3 Å². The van der Waals surface area contributed by atoms with E-state index >= 15 is 0 Å². The molecule has 1 N–H and O–H groups in total. The lowest BCUT2D eigenvalue weighted by atomic mass is 10.3. The summed E-state index contributed by atoms with van der Waals surface area (Å²) in [6.07, 6.45) is -4.02. The van der Waals surface area contributed by atoms with Crippen LogP contribution in [0.2, 0.25) is 0 Å². The van der Waals surface area contributed by atoms with E-state index in [1.165, 1.54) is 31.4 Å². The first-order valence-corrected chi connectivity index (χ1v) is 6.05. The molecule has 1 unspecified atom stereocenters. The van der Waals surface area contributed by atoms with Crippen LogP contribution >= 0.6 is 0 Å². The molecule has 0 saturated heterocycles. The minimum Gasteiger partial charge on any atom is -0.497 e. The van der Waals surface area contributed by atoms with Gasteiger partial charge in [-0.2, -0.15) is 0 Å². The number of ether oxygens (including phenoxy) is 3. The van der Waals surface area contributed by atoms with Gasteiger partial charge in [0.25, 0.3) is 0 Å². The fourth-order valence-corrected chi connectivity index (χ4v) is 1.06. The minimum atomic E-state index is -4.64. The average molecular weight is 322 g/mol. The summed E-state index contributed by atoms with van der Waals surface area (Å²) >= 11 is 0. The molecule has 0 aliphatic heterocycles. The molecule has 0 saturated carbocycles. The summed E-state index contributed by atoms with van der Waals surface area (Å²) in [6.45, 7) is 4.64. The fraction of sp³-hybridized carbons (Fsp3) is 0.357. The zero-order chi connectivity index (χ0) is 17.2. The largest absolute Gasteiger partial charge is 0.573 e. The maximum atomic E-state index is 11.7. The van der Waals surface area contributed by atoms with Crippen LogP contribution in [0.4, 0.5) is 13.2 Å². The quantitative estimate of drug-likeness (QED) is 0.667. The van der Waals surface area contributed by atoms with Crippen LogP contribution in [0.25, 0.3) is 0 Å². The maximum absolute atomic E-state index is 11.7. The Hall–Kier alpha value is -2.22. The zero-order valence-electron chi connectivity index (χ0n) is 12.1. The third-order valence-electron chi connectivity index (χ3n) is 2.03. The second-order valence-electron chi connectivity index (χ2n) is 3.86. The number of halogens is 3. The van der Waals surface area contributed by atoms with Gasteiger partial charge in [-0.3, -0.25) is 0 Å². The van der Waals surface area contributed by atoms with Crippen molar-refractivity contribution in [3.05, 3.63) is 36.9 Å². The summed E-state index contributed by atoms with van der Waals surface area (Å²) in [5.41, 5.74) is 0. The van der Waals surface area contributed by atoms with E-state index in [9.17, 15) is 18.0 Å². The van der Waals surface area contributed by atoms with E-state index in [2.05, 4.69) is 16.1 Å². The lowest BCUT2D eigenvalue weighted by molar-refractivity contribution is -0.274. The first-order chi connectivity index (χ1) is 10.2. The van der Waals surface area contributed by atoms with Crippen molar-refractivity contribution in [2.75, 3.05) is 13.7 Å². The van der Waals surface area contributed by atoms with Gasteiger partial charge in [-0.1, -0.05) is 6.58 Å². The molecule has 0 heterocycles. The van der Waals surface area contributed by atoms with Gasteiger partial charge in [0.05, 0.1) is 13.7 Å². The van der Waals surface area contributed by atoms with Crippen molar-refractivity contribution in [3.63, 3.8) is 0 Å². The van der Waals surface area contributed by atoms with E-state index in [1.807, 2.05) is 0 Å². The van der Waals surface area contributed by atoms with E-state index in [0.29, 0.717) is 5.75 Å². The molecular weight excluding hydrogens is 305 g/mol. The van der Waals surface area contributed by atoms with Gasteiger partial charge in [0.1, 0.15) is 17.6 Å². The Kier molecular flexibility index (Phi) is 8.69. The van der Waals surface area contributed by atoms with Crippen LogP contribution in [0.15, 0.2) is 36.9 Å². The Balaban J connectivity index is 0.000000433. The Morgan fingerprint density at radius 1 is 1.32 bits per heavy atom. The lowest BCUT2D eigenvalue weighted by Gasteiger charge is -2.08. The van der Waals surface area contributed by atoms with Crippen LogP contribution in [0, 0.1) is 0 Å². The Morgan fingerprint density at radius 2 is 1.82 bits per heavy atom. The van der Waals surface area contributed by atoms with E-state index in [0.717, 1.165) is 6.08 Å². The number of hydrogen-bond acceptors (Lipinski definition) is 5. The summed E-state index contributed by atoms with van der Waals surface area (Å²) in [4.78, 5) is 10.3. The standard InChI is InChI=1S/C8H7F3O2.C6H10O3/c1-12-6-2-4-7(5-3-6)13-8(9,10)11;1-3-6(8)9-5(2)4-7/h2-5H,1H3;3,5,7H,1,4H2,2H3. The summed E-state index contributed by atoms with van der Waals surface area (Å²) < 4.78 is 48.0. The molecule has 1 rings (SSSR count). The molecule has 0 radical (unpaired) electrons. The number of carbonyl (C=O) groups excluding carboxylic acids is 1. The highest BCUT2D eigenvalue weighted by molar-refractivity contribution is 5.81. The molecule has 124 valence electrons. The molecule has 22 heavy (non-hydrogen) atoms. The number of benzene rings is 1. The molecule has 0 bridgehead atoms. The zero-order valence-corrected chi connectivity index (χ0v) is 12.1. The third-order valence-corrected chi connectivity index (χ3v) is 2.03. The van der Waals surface area contributed by atoms with Crippen molar-refractivity contribution in [1.82, 2.24) is 0 Å². The monoisotopic (exact) mass is 322 g/mol. The molecule has 8 heteroatoms. The lowest BCUT2D eigenvalue weighted by Crippen LogP contribution is -2.16. The predicted octanol–water partition coefficient (Wildman–Crippen LogP) is 2.69. The smallest absolute Gasteiger partial charge is 0.497 e. The molecule has 0 aliphatic carbocycles. The Morgan fingerprint density at radius 3 is 2.18 bits per heavy atom. The van der Waals surface area contributed by atoms with Crippen LogP contribution in [0.1, 0.15) is 6.92 Å². The highest BCUT2D eigenvalue weighted by Crippen LogP contribution is 2.24. The molecule has 1 aromatic rings. The van der Waals surface area contributed by atoms with Crippen molar-refractivity contribution in [2.45, 2.75) is 19.4 Å². The highest BCUT2D eigenvalue weighted by Gasteiger charge is 2.30. The second-order valence-corrected chi connectivity index (χ2v) is 3.86. The van der Waals surface area contributed by atoms with Crippen molar-refractivity contribution < 1.29 is 37.3 Å². The predicted molar refractivity (Wildman–Crippen MR) is 72.5 cm³/mol. The van der Waals surface area contributed by atoms with E-state index in [4.69, 9.17) is 9.84 Å². The van der Waals surface area contributed by atoms with Crippen molar-refractivity contribution in [1.29, 1.82) is 0 Å². The highest BCUT2D eigenvalue weighted by atomic mass is 19.4. The topological polar surface area (TPSA) is 65.0 Å². The van der Waals surface area contributed by atoms with Gasteiger partial charge >= 0.3 is 12.3 Å². The SMILES string of the molecule is C=CC(=O)OC(C)CO.COc1ccc(OC(F)(F)F)cc1. The van der Waals surface area contributed by atoms with Gasteiger partial charge in [-0.05, 0) is 31.2 Å². The number of alkyl halides is 3. The maximum Gasteiger partial charge on any atom is 0.573 e. The number of hydrogen-bond donors (Lipinski definition) is 1. The molecule has 0 amide bonds. The van der Waals surface area contributed by atoms with Crippen molar-refractivity contribution in [3.8, 4) is 11.5 Å². The summed E-state index contributed by atoms with van der Waals surface area (Å²) in [7, 11) is 1.43. The van der Waals surface area contributed by atoms with Gasteiger partial charge in [0.2, 0.25) is 0 Å². The minimum absolute atomic E-state index is 0.153. The van der Waals surface area contributed by atoms with Crippen molar-refractivity contribution in [2.24, 2.45) is 0 Å². The summed E-state index contributed by atoms with van der Waals surface area (Å²) in [5, 5.41) is 8.37. The molecule has 1 atom stereocenters. The van der Waals surface area contributed by atoms with E-state index in [-0.39, 0.29) is 12.4 Å². The van der Waals surface area contributed by atoms with Crippen LogP contribution in [-0.2, 0) is 9.53 Å². The van der Waals surface area contributed by atoms with Gasteiger partial charge in [0.15, 0.2) is 0 Å². The molecule has 0 aliphatic rings. The average Bonchev–Trinajstić information content (AvgIpc) is 2.46. The normalized spacial score (nSPS) is 11.5.